The maximum atomic E-state index is 12.0. The van der Waals surface area contributed by atoms with Crippen LogP contribution in [0.3, 0.4) is 0 Å². The van der Waals surface area contributed by atoms with Gasteiger partial charge in [-0.3, -0.25) is 9.59 Å². The average Bonchev–Trinajstić information content (AvgIpc) is 2.54. The number of rotatable bonds is 4. The highest BCUT2D eigenvalue weighted by molar-refractivity contribution is 5.95. The first kappa shape index (κ1) is 15.8. The molecule has 0 radical (unpaired) electrons. The lowest BCUT2D eigenvalue weighted by molar-refractivity contribution is -0.119. The van der Waals surface area contributed by atoms with Crippen molar-refractivity contribution >= 4 is 23.5 Å². The molecule has 2 amide bonds. The summed E-state index contributed by atoms with van der Waals surface area (Å²) in [7, 11) is 0. The van der Waals surface area contributed by atoms with Crippen molar-refractivity contribution in [2.45, 2.75) is 13.8 Å². The zero-order valence-electron chi connectivity index (χ0n) is 13.4. The van der Waals surface area contributed by atoms with Crippen LogP contribution >= 0.6 is 0 Å². The Kier molecular flexibility index (Phi) is 4.33. The number of para-hydroxylation sites is 1. The number of nitrogens with zero attached hydrogens (tertiary/aromatic N) is 1. The van der Waals surface area contributed by atoms with Crippen LogP contribution in [-0.2, 0) is 9.59 Å². The molecule has 1 aliphatic rings. The van der Waals surface area contributed by atoms with Gasteiger partial charge in [0.2, 0.25) is 0 Å². The third-order valence-corrected chi connectivity index (χ3v) is 3.50. The molecule has 3 rings (SSSR count). The summed E-state index contributed by atoms with van der Waals surface area (Å²) in [4.78, 5) is 27.5. The zero-order chi connectivity index (χ0) is 17.1. The molecule has 0 bridgehead atoms. The van der Waals surface area contributed by atoms with E-state index in [-0.39, 0.29) is 25.0 Å². The summed E-state index contributed by atoms with van der Waals surface area (Å²) >= 11 is 0. The molecular weight excluding hydrogens is 310 g/mol. The first-order chi connectivity index (χ1) is 11.5. The van der Waals surface area contributed by atoms with Crippen molar-refractivity contribution in [2.24, 2.45) is 0 Å². The van der Waals surface area contributed by atoms with Crippen LogP contribution in [0.15, 0.2) is 30.3 Å². The first-order valence-corrected chi connectivity index (χ1v) is 7.45. The van der Waals surface area contributed by atoms with E-state index in [1.54, 1.807) is 12.1 Å². The first-order valence-electron chi connectivity index (χ1n) is 7.45. The minimum Gasteiger partial charge on any atom is -0.483 e. The minimum atomic E-state index is -0.340. The van der Waals surface area contributed by atoms with E-state index >= 15 is 0 Å². The van der Waals surface area contributed by atoms with E-state index in [1.165, 1.54) is 0 Å². The third kappa shape index (κ3) is 3.45. The van der Waals surface area contributed by atoms with Gasteiger partial charge in [-0.2, -0.15) is 0 Å². The molecule has 0 spiro atoms. The fourth-order valence-corrected chi connectivity index (χ4v) is 2.38. The van der Waals surface area contributed by atoms with Crippen molar-refractivity contribution in [1.82, 2.24) is 4.98 Å². The number of pyridine rings is 1. The van der Waals surface area contributed by atoms with Gasteiger partial charge in [0.05, 0.1) is 0 Å². The molecule has 1 aromatic carbocycles. The Morgan fingerprint density at radius 2 is 2.04 bits per heavy atom. The van der Waals surface area contributed by atoms with Gasteiger partial charge < -0.3 is 20.1 Å². The van der Waals surface area contributed by atoms with Gasteiger partial charge in [0.25, 0.3) is 11.8 Å². The molecule has 0 fully saturated rings. The Labute approximate surface area is 139 Å². The Morgan fingerprint density at radius 3 is 2.79 bits per heavy atom. The van der Waals surface area contributed by atoms with E-state index in [0.717, 1.165) is 11.1 Å². The number of hydrogen-bond acceptors (Lipinski definition) is 5. The predicted octanol–water partition coefficient (Wildman–Crippen LogP) is 2.05. The SMILES string of the molecule is Cc1cccc(C)c1OCC(=O)Nc1ccc2c(n1)NC(=O)CO2. The second-order valence-electron chi connectivity index (χ2n) is 5.44. The van der Waals surface area contributed by atoms with Gasteiger partial charge in [0, 0.05) is 0 Å². The second kappa shape index (κ2) is 6.57. The van der Waals surface area contributed by atoms with Crippen LogP contribution in [0.2, 0.25) is 0 Å². The summed E-state index contributed by atoms with van der Waals surface area (Å²) in [6.07, 6.45) is 0. The highest BCUT2D eigenvalue weighted by atomic mass is 16.5. The monoisotopic (exact) mass is 327 g/mol. The van der Waals surface area contributed by atoms with Crippen molar-refractivity contribution in [3.8, 4) is 11.5 Å². The number of carbonyl (C=O) groups is 2. The van der Waals surface area contributed by atoms with Crippen LogP contribution in [0.1, 0.15) is 11.1 Å². The van der Waals surface area contributed by atoms with E-state index in [0.29, 0.717) is 23.1 Å². The fraction of sp³-hybridized carbons (Fsp3) is 0.235. The van der Waals surface area contributed by atoms with Gasteiger partial charge in [0.15, 0.2) is 24.8 Å². The molecule has 0 saturated carbocycles. The molecular formula is C17H17N3O4. The summed E-state index contributed by atoms with van der Waals surface area (Å²) in [6.45, 7) is 3.68. The van der Waals surface area contributed by atoms with Gasteiger partial charge in [-0.1, -0.05) is 18.2 Å². The summed E-state index contributed by atoms with van der Waals surface area (Å²) in [5.74, 6) is 1.16. The van der Waals surface area contributed by atoms with Gasteiger partial charge in [-0.15, -0.1) is 0 Å². The molecule has 0 saturated heterocycles. The van der Waals surface area contributed by atoms with E-state index in [2.05, 4.69) is 15.6 Å². The van der Waals surface area contributed by atoms with Crippen molar-refractivity contribution in [1.29, 1.82) is 0 Å². The van der Waals surface area contributed by atoms with Gasteiger partial charge in [0.1, 0.15) is 11.6 Å². The van der Waals surface area contributed by atoms with Crippen LogP contribution < -0.4 is 20.1 Å². The molecule has 2 N–H and O–H groups in total. The Hall–Kier alpha value is -3.09. The molecule has 24 heavy (non-hydrogen) atoms. The van der Waals surface area contributed by atoms with Crippen molar-refractivity contribution < 1.29 is 19.1 Å². The third-order valence-electron chi connectivity index (χ3n) is 3.50. The van der Waals surface area contributed by atoms with E-state index in [9.17, 15) is 9.59 Å². The minimum absolute atomic E-state index is 0.0377. The smallest absolute Gasteiger partial charge is 0.263 e. The molecule has 1 aliphatic heterocycles. The summed E-state index contributed by atoms with van der Waals surface area (Å²) in [5, 5.41) is 5.22. The lowest BCUT2D eigenvalue weighted by atomic mass is 10.1. The number of ether oxygens (including phenoxy) is 2. The maximum Gasteiger partial charge on any atom is 0.263 e. The van der Waals surface area contributed by atoms with Crippen LogP contribution in [-0.4, -0.2) is 30.0 Å². The number of hydrogen-bond donors (Lipinski definition) is 2. The molecule has 124 valence electrons. The van der Waals surface area contributed by atoms with Gasteiger partial charge >= 0.3 is 0 Å². The Bertz CT molecular complexity index is 784. The molecule has 0 atom stereocenters. The number of aromatic nitrogens is 1. The molecule has 2 aromatic rings. The average molecular weight is 327 g/mol. The number of fused-ring (bicyclic) bond motifs is 1. The van der Waals surface area contributed by atoms with Crippen LogP contribution in [0.4, 0.5) is 11.6 Å². The normalized spacial score (nSPS) is 12.7. The lowest BCUT2D eigenvalue weighted by Crippen LogP contribution is -2.27. The summed E-state index contributed by atoms with van der Waals surface area (Å²) in [6, 6.07) is 9.03. The lowest BCUT2D eigenvalue weighted by Gasteiger charge is -2.17. The topological polar surface area (TPSA) is 89.5 Å². The summed E-state index contributed by atoms with van der Waals surface area (Å²) < 4.78 is 10.8. The predicted molar refractivity (Wildman–Crippen MR) is 88.4 cm³/mol. The quantitative estimate of drug-likeness (QED) is 0.897. The fourth-order valence-electron chi connectivity index (χ4n) is 2.38. The standard InChI is InChI=1S/C17H17N3O4/c1-10-4-3-5-11(2)16(10)24-9-14(21)18-13-7-6-12-17(19-13)20-15(22)8-23-12/h3-7H,8-9H2,1-2H3,(H2,18,19,20,21,22). The van der Waals surface area contributed by atoms with Crippen molar-refractivity contribution in [3.05, 3.63) is 41.5 Å². The molecule has 1 aromatic heterocycles. The highest BCUT2D eigenvalue weighted by Crippen LogP contribution is 2.27. The Balaban J connectivity index is 1.63. The number of anilines is 2. The largest absolute Gasteiger partial charge is 0.483 e. The molecule has 0 unspecified atom stereocenters. The van der Waals surface area contributed by atoms with E-state index in [4.69, 9.17) is 9.47 Å². The molecule has 7 heteroatoms. The summed E-state index contributed by atoms with van der Waals surface area (Å²) in [5.41, 5.74) is 1.93. The number of benzene rings is 1. The maximum absolute atomic E-state index is 12.0. The zero-order valence-corrected chi connectivity index (χ0v) is 13.4. The van der Waals surface area contributed by atoms with E-state index in [1.807, 2.05) is 32.0 Å². The van der Waals surface area contributed by atoms with Crippen LogP contribution in [0.5, 0.6) is 11.5 Å². The number of aryl methyl sites for hydroxylation is 2. The number of amides is 2. The molecule has 2 heterocycles. The number of carbonyl (C=O) groups excluding carboxylic acids is 2. The van der Waals surface area contributed by atoms with E-state index < -0.39 is 0 Å². The highest BCUT2D eigenvalue weighted by Gasteiger charge is 2.18. The number of nitrogens with one attached hydrogen (secondary N) is 2. The van der Waals surface area contributed by atoms with Crippen LogP contribution in [0.25, 0.3) is 0 Å². The van der Waals surface area contributed by atoms with Crippen molar-refractivity contribution in [2.75, 3.05) is 23.8 Å². The molecule has 0 aliphatic carbocycles. The van der Waals surface area contributed by atoms with Crippen LogP contribution in [0, 0.1) is 13.8 Å². The van der Waals surface area contributed by atoms with Gasteiger partial charge in [-0.25, -0.2) is 4.98 Å². The molecule has 7 nitrogen and oxygen atoms in total. The second-order valence-corrected chi connectivity index (χ2v) is 5.44. The Morgan fingerprint density at radius 1 is 1.29 bits per heavy atom. The van der Waals surface area contributed by atoms with Crippen molar-refractivity contribution in [3.63, 3.8) is 0 Å². The van der Waals surface area contributed by atoms with Gasteiger partial charge in [-0.05, 0) is 37.1 Å².